The highest BCUT2D eigenvalue weighted by Crippen LogP contribution is 2.45. The van der Waals surface area contributed by atoms with Gasteiger partial charge in [0.1, 0.15) is 5.60 Å². The summed E-state index contributed by atoms with van der Waals surface area (Å²) in [5, 5.41) is 15.1. The molecule has 1 fully saturated rings. The van der Waals surface area contributed by atoms with Crippen LogP contribution >= 0.6 is 15.9 Å². The average molecular weight is 332 g/mol. The van der Waals surface area contributed by atoms with E-state index in [2.05, 4.69) is 25.9 Å². The van der Waals surface area contributed by atoms with Crippen LogP contribution in [0.1, 0.15) is 25.5 Å². The van der Waals surface area contributed by atoms with E-state index in [1.165, 1.54) is 0 Å². The van der Waals surface area contributed by atoms with E-state index in [0.717, 1.165) is 23.3 Å². The number of aliphatic hydroxyl groups is 1. The molecule has 6 heteroatoms. The lowest BCUT2D eigenvalue weighted by atomic mass is 9.75. The molecule has 1 N–H and O–H groups in total. The lowest BCUT2D eigenvalue weighted by Gasteiger charge is -2.43. The van der Waals surface area contributed by atoms with Crippen LogP contribution in [0.4, 0.5) is 0 Å². The van der Waals surface area contributed by atoms with Crippen LogP contribution in [0.3, 0.4) is 0 Å². The zero-order chi connectivity index (χ0) is 14.0. The maximum absolute atomic E-state index is 10.7. The minimum absolute atomic E-state index is 0.166. The van der Waals surface area contributed by atoms with Crippen LogP contribution in [0.25, 0.3) is 0 Å². The van der Waals surface area contributed by atoms with Crippen molar-refractivity contribution in [3.8, 4) is 0 Å². The monoisotopic (exact) mass is 331 g/mol. The minimum Gasteiger partial charge on any atom is -0.383 e. The fourth-order valence-corrected chi connectivity index (χ4v) is 3.19. The maximum atomic E-state index is 10.7. The van der Waals surface area contributed by atoms with Gasteiger partial charge in [-0.3, -0.25) is 4.68 Å². The van der Waals surface area contributed by atoms with E-state index in [9.17, 15) is 5.11 Å². The summed E-state index contributed by atoms with van der Waals surface area (Å²) < 4.78 is 8.31. The lowest BCUT2D eigenvalue weighted by Crippen LogP contribution is -2.47. The van der Waals surface area contributed by atoms with Gasteiger partial charge in [0.05, 0.1) is 29.0 Å². The number of halogens is 1. The summed E-state index contributed by atoms with van der Waals surface area (Å²) in [5.74, 6) is 0. The summed E-state index contributed by atoms with van der Waals surface area (Å²) in [5.41, 5.74) is 0.0758. The van der Waals surface area contributed by atoms with Crippen molar-refractivity contribution < 1.29 is 9.84 Å². The van der Waals surface area contributed by atoms with E-state index >= 15 is 0 Å². The number of rotatable bonds is 6. The van der Waals surface area contributed by atoms with Gasteiger partial charge in [0, 0.05) is 26.0 Å². The highest BCUT2D eigenvalue weighted by molar-refractivity contribution is 9.10. The molecule has 0 aliphatic heterocycles. The summed E-state index contributed by atoms with van der Waals surface area (Å²) in [6.45, 7) is 4.35. The third-order valence-corrected chi connectivity index (χ3v) is 4.11. The largest absolute Gasteiger partial charge is 0.383 e. The topological polar surface area (TPSA) is 50.5 Å². The Bertz CT molecular complexity index is 428. The molecule has 1 aromatic rings. The Labute approximate surface area is 122 Å². The molecule has 0 radical (unpaired) electrons. The molecule has 2 rings (SSSR count). The number of ether oxygens (including phenoxy) is 1. The highest BCUT2D eigenvalue weighted by atomic mass is 79.9. The van der Waals surface area contributed by atoms with Crippen molar-refractivity contribution in [2.45, 2.75) is 38.0 Å². The van der Waals surface area contributed by atoms with E-state index in [4.69, 9.17) is 4.74 Å². The van der Waals surface area contributed by atoms with E-state index in [1.54, 1.807) is 6.20 Å². The molecule has 5 nitrogen and oxygen atoms in total. The molecule has 1 aliphatic carbocycles. The van der Waals surface area contributed by atoms with E-state index < -0.39 is 5.60 Å². The number of hydrogen-bond acceptors (Lipinski definition) is 4. The van der Waals surface area contributed by atoms with E-state index in [-0.39, 0.29) is 6.10 Å². The van der Waals surface area contributed by atoms with Gasteiger partial charge >= 0.3 is 0 Å². The van der Waals surface area contributed by atoms with Crippen LogP contribution in [-0.4, -0.2) is 53.1 Å². The first kappa shape index (κ1) is 15.0. The first-order chi connectivity index (χ1) is 8.96. The number of nitrogens with zero attached hydrogens (tertiary/aromatic N) is 3. The molecule has 0 amide bonds. The predicted octanol–water partition coefficient (Wildman–Crippen LogP) is 1.59. The highest BCUT2D eigenvalue weighted by Gasteiger charge is 2.47. The van der Waals surface area contributed by atoms with Crippen LogP contribution in [-0.2, 0) is 16.9 Å². The van der Waals surface area contributed by atoms with Gasteiger partial charge in [-0.2, -0.15) is 5.10 Å². The molecular formula is C13H22BrN3O2. The fraction of sp³-hybridized carbons (Fsp3) is 0.769. The van der Waals surface area contributed by atoms with Crippen LogP contribution < -0.4 is 0 Å². The van der Waals surface area contributed by atoms with E-state index in [1.807, 2.05) is 25.7 Å². The van der Waals surface area contributed by atoms with Crippen molar-refractivity contribution in [2.75, 3.05) is 27.2 Å². The van der Waals surface area contributed by atoms with Gasteiger partial charge in [0.15, 0.2) is 0 Å². The van der Waals surface area contributed by atoms with Gasteiger partial charge in [-0.05, 0) is 36.9 Å². The van der Waals surface area contributed by atoms with E-state index in [0.29, 0.717) is 19.4 Å². The Balaban J connectivity index is 2.09. The molecule has 1 saturated carbocycles. The van der Waals surface area contributed by atoms with Gasteiger partial charge < -0.3 is 14.7 Å². The molecule has 19 heavy (non-hydrogen) atoms. The standard InChI is InChI=1S/C13H22BrN3O2/c1-4-19-10-7-13(18,8-10)12-11(14)9-15-17(12)6-5-16(2)3/h9-10,18H,4-8H2,1-3H3. The second-order valence-electron chi connectivity index (χ2n) is 5.38. The van der Waals surface area contributed by atoms with Crippen LogP contribution in [0.2, 0.25) is 0 Å². The first-order valence-corrected chi connectivity index (χ1v) is 7.46. The van der Waals surface area contributed by atoms with Crippen molar-refractivity contribution in [2.24, 2.45) is 0 Å². The number of hydrogen-bond donors (Lipinski definition) is 1. The molecule has 1 heterocycles. The first-order valence-electron chi connectivity index (χ1n) is 6.67. The molecule has 1 aliphatic rings. The summed E-state index contributed by atoms with van der Waals surface area (Å²) in [6.07, 6.45) is 3.22. The molecule has 0 spiro atoms. The molecule has 0 bridgehead atoms. The second kappa shape index (κ2) is 5.91. The Kier molecular flexibility index (Phi) is 4.66. The van der Waals surface area contributed by atoms with Crippen LogP contribution in [0.5, 0.6) is 0 Å². The van der Waals surface area contributed by atoms with Gasteiger partial charge in [-0.15, -0.1) is 0 Å². The predicted molar refractivity (Wildman–Crippen MR) is 77.0 cm³/mol. The van der Waals surface area contributed by atoms with Crippen LogP contribution in [0, 0.1) is 0 Å². The summed E-state index contributed by atoms with van der Waals surface area (Å²) in [6, 6.07) is 0. The average Bonchev–Trinajstić information content (AvgIpc) is 2.66. The van der Waals surface area contributed by atoms with Gasteiger partial charge in [0.25, 0.3) is 0 Å². The molecule has 0 atom stereocenters. The number of aromatic nitrogens is 2. The third-order valence-electron chi connectivity index (χ3n) is 3.53. The molecule has 0 unspecified atom stereocenters. The van der Waals surface area contributed by atoms with Crippen LogP contribution in [0.15, 0.2) is 10.7 Å². The van der Waals surface area contributed by atoms with Crippen molar-refractivity contribution in [3.05, 3.63) is 16.4 Å². The summed E-state index contributed by atoms with van der Waals surface area (Å²) in [4.78, 5) is 2.10. The molecule has 0 saturated heterocycles. The molecule has 1 aromatic heterocycles. The van der Waals surface area contributed by atoms with Gasteiger partial charge in [-0.1, -0.05) is 0 Å². The molecule has 108 valence electrons. The zero-order valence-corrected chi connectivity index (χ0v) is 13.4. The number of likely N-dealkylation sites (N-methyl/N-ethyl adjacent to an activating group) is 1. The smallest absolute Gasteiger partial charge is 0.112 e. The molecule has 0 aromatic carbocycles. The zero-order valence-electron chi connectivity index (χ0n) is 11.8. The Hall–Kier alpha value is -0.430. The second-order valence-corrected chi connectivity index (χ2v) is 6.24. The summed E-state index contributed by atoms with van der Waals surface area (Å²) >= 11 is 3.50. The Morgan fingerprint density at radius 3 is 2.84 bits per heavy atom. The van der Waals surface area contributed by atoms with Gasteiger partial charge in [0.2, 0.25) is 0 Å². The Morgan fingerprint density at radius 2 is 2.26 bits per heavy atom. The Morgan fingerprint density at radius 1 is 1.58 bits per heavy atom. The minimum atomic E-state index is -0.804. The summed E-state index contributed by atoms with van der Waals surface area (Å²) in [7, 11) is 4.06. The SMILES string of the molecule is CCOC1CC(O)(c2c(Br)cnn2CCN(C)C)C1. The normalized spacial score (nSPS) is 26.7. The maximum Gasteiger partial charge on any atom is 0.112 e. The third kappa shape index (κ3) is 3.18. The fourth-order valence-electron chi connectivity index (χ4n) is 2.53. The van der Waals surface area contributed by atoms with Crippen molar-refractivity contribution >= 4 is 15.9 Å². The molecular weight excluding hydrogens is 310 g/mol. The van der Waals surface area contributed by atoms with Crippen molar-refractivity contribution in [1.29, 1.82) is 0 Å². The van der Waals surface area contributed by atoms with Gasteiger partial charge in [-0.25, -0.2) is 0 Å². The quantitative estimate of drug-likeness (QED) is 0.860. The van der Waals surface area contributed by atoms with Crippen molar-refractivity contribution in [3.63, 3.8) is 0 Å². The van der Waals surface area contributed by atoms with Crippen molar-refractivity contribution in [1.82, 2.24) is 14.7 Å². The lowest BCUT2D eigenvalue weighted by molar-refractivity contribution is -0.147.